The third kappa shape index (κ3) is 1.76. The van der Waals surface area contributed by atoms with E-state index in [1.165, 1.54) is 4.24 Å². The van der Waals surface area contributed by atoms with Gasteiger partial charge in [-0.15, -0.1) is 0 Å². The summed E-state index contributed by atoms with van der Waals surface area (Å²) in [7, 11) is 0. The van der Waals surface area contributed by atoms with Crippen LogP contribution in [-0.4, -0.2) is 17.7 Å². The average molecular weight is 133 g/mol. The van der Waals surface area contributed by atoms with Gasteiger partial charge >= 0.3 is 69.3 Å². The van der Waals surface area contributed by atoms with Crippen molar-refractivity contribution in [3.05, 3.63) is 28.8 Å². The molecule has 0 radical (unpaired) electrons. The Hall–Kier alpha value is 0.107. The van der Waals surface area contributed by atoms with Crippen molar-refractivity contribution in [3.8, 4) is 0 Å². The van der Waals surface area contributed by atoms with Crippen LogP contribution in [0.5, 0.6) is 0 Å². The van der Waals surface area contributed by atoms with Crippen molar-refractivity contribution in [1.82, 2.24) is 0 Å². The van der Waals surface area contributed by atoms with Crippen LogP contribution in [0.3, 0.4) is 0 Å². The minimum atomic E-state index is 0.856. The summed E-state index contributed by atoms with van der Waals surface area (Å²) in [6.45, 7) is 2.00. The summed E-state index contributed by atoms with van der Waals surface area (Å²) in [5.74, 6) is 0. The molecule has 0 aliphatic rings. The zero-order chi connectivity index (χ0) is 6.85. The fourth-order valence-corrected chi connectivity index (χ4v) is 0.933. The SMILES string of the molecule is [Li][c]1ccc(C)c(Cl)c1. The van der Waals surface area contributed by atoms with Crippen LogP contribution < -0.4 is 4.24 Å². The van der Waals surface area contributed by atoms with Gasteiger partial charge in [0, 0.05) is 0 Å². The van der Waals surface area contributed by atoms with E-state index in [0.717, 1.165) is 10.6 Å². The Morgan fingerprint density at radius 3 is 2.56 bits per heavy atom. The number of aryl methyl sites for hydroxylation is 1. The molecule has 0 amide bonds. The van der Waals surface area contributed by atoms with Crippen LogP contribution >= 0.6 is 11.6 Å². The summed E-state index contributed by atoms with van der Waals surface area (Å²) in [6.07, 6.45) is 0. The second-order valence-electron chi connectivity index (χ2n) is 2.25. The molecule has 42 valence electrons. The number of halogens is 1. The van der Waals surface area contributed by atoms with Crippen molar-refractivity contribution >= 4 is 33.6 Å². The summed E-state index contributed by atoms with van der Waals surface area (Å²) in [4.78, 5) is 0. The van der Waals surface area contributed by atoms with Crippen molar-refractivity contribution < 1.29 is 0 Å². The monoisotopic (exact) mass is 132 g/mol. The fraction of sp³-hybridized carbons (Fsp3) is 0.143. The van der Waals surface area contributed by atoms with Crippen molar-refractivity contribution in [2.75, 3.05) is 0 Å². The first kappa shape index (κ1) is 7.22. The van der Waals surface area contributed by atoms with Gasteiger partial charge in [0.05, 0.1) is 0 Å². The van der Waals surface area contributed by atoms with E-state index >= 15 is 0 Å². The maximum absolute atomic E-state index is 5.81. The van der Waals surface area contributed by atoms with Crippen molar-refractivity contribution in [1.29, 1.82) is 0 Å². The Labute approximate surface area is 69.4 Å². The van der Waals surface area contributed by atoms with Gasteiger partial charge in [0.2, 0.25) is 0 Å². The third-order valence-electron chi connectivity index (χ3n) is 1.33. The first-order chi connectivity index (χ1) is 4.20. The van der Waals surface area contributed by atoms with Gasteiger partial charge in [-0.2, -0.15) is 0 Å². The molecular weight excluding hydrogens is 126 g/mol. The number of rotatable bonds is 0. The van der Waals surface area contributed by atoms with Crippen LogP contribution in [0.4, 0.5) is 0 Å². The zero-order valence-corrected chi connectivity index (χ0v) is 6.37. The Morgan fingerprint density at radius 1 is 1.44 bits per heavy atom. The Balaban J connectivity index is 3.17. The first-order valence-electron chi connectivity index (χ1n) is 2.93. The van der Waals surface area contributed by atoms with E-state index in [0.29, 0.717) is 0 Å². The first-order valence-corrected chi connectivity index (χ1v) is 3.30. The van der Waals surface area contributed by atoms with E-state index in [1.54, 1.807) is 0 Å². The average Bonchev–Trinajstić information content (AvgIpc) is 1.80. The van der Waals surface area contributed by atoms with Gasteiger partial charge in [-0.3, -0.25) is 0 Å². The van der Waals surface area contributed by atoms with Gasteiger partial charge in [-0.25, -0.2) is 0 Å². The second kappa shape index (κ2) is 2.79. The molecule has 0 nitrogen and oxygen atoms in total. The van der Waals surface area contributed by atoms with Gasteiger partial charge in [0.15, 0.2) is 0 Å². The molecule has 0 atom stereocenters. The molecule has 0 spiro atoms. The van der Waals surface area contributed by atoms with Crippen molar-refractivity contribution in [3.63, 3.8) is 0 Å². The van der Waals surface area contributed by atoms with Crippen molar-refractivity contribution in [2.45, 2.75) is 6.92 Å². The molecule has 1 aromatic rings. The molecule has 0 saturated heterocycles. The molecule has 0 aromatic heterocycles. The number of hydrogen-bond donors (Lipinski definition) is 0. The minimum absolute atomic E-state index is 0.856. The normalized spacial score (nSPS) is 9.78. The number of benzene rings is 1. The van der Waals surface area contributed by atoms with E-state index in [-0.39, 0.29) is 0 Å². The van der Waals surface area contributed by atoms with Crippen molar-refractivity contribution in [2.24, 2.45) is 0 Å². The third-order valence-corrected chi connectivity index (χ3v) is 1.73. The molecule has 0 aliphatic carbocycles. The van der Waals surface area contributed by atoms with Crippen LogP contribution in [0.25, 0.3) is 0 Å². The molecule has 1 aromatic carbocycles. The second-order valence-corrected chi connectivity index (χ2v) is 2.66. The Kier molecular flexibility index (Phi) is 2.24. The standard InChI is InChI=1S/C7H6Cl.Li/c1-6-4-2-3-5-7(6)8;/h2,4-5H,1H3;. The molecule has 2 heteroatoms. The van der Waals surface area contributed by atoms with Gasteiger partial charge < -0.3 is 0 Å². The summed E-state index contributed by atoms with van der Waals surface area (Å²) >= 11 is 7.85. The molecule has 0 heterocycles. The van der Waals surface area contributed by atoms with Crippen LogP contribution in [0.1, 0.15) is 5.56 Å². The van der Waals surface area contributed by atoms with E-state index in [1.807, 2.05) is 36.8 Å². The Morgan fingerprint density at radius 2 is 2.11 bits per heavy atom. The molecule has 0 aliphatic heterocycles. The van der Waals surface area contributed by atoms with E-state index in [2.05, 4.69) is 6.07 Å². The molecule has 1 rings (SSSR count). The molecule has 0 bridgehead atoms. The van der Waals surface area contributed by atoms with Gasteiger partial charge in [0.25, 0.3) is 0 Å². The van der Waals surface area contributed by atoms with E-state index in [9.17, 15) is 0 Å². The zero-order valence-electron chi connectivity index (χ0n) is 5.61. The summed E-state index contributed by atoms with van der Waals surface area (Å²) in [5, 5.41) is 0.856. The van der Waals surface area contributed by atoms with E-state index in [4.69, 9.17) is 11.6 Å². The topological polar surface area (TPSA) is 0 Å². The molecule has 0 saturated carbocycles. The molecule has 9 heavy (non-hydrogen) atoms. The Bertz CT molecular complexity index is 220. The molecular formula is C7H6ClLi. The van der Waals surface area contributed by atoms with Gasteiger partial charge in [-0.1, -0.05) is 0 Å². The summed E-state index contributed by atoms with van der Waals surface area (Å²) in [6, 6.07) is 6.05. The number of hydrogen-bond acceptors (Lipinski definition) is 0. The van der Waals surface area contributed by atoms with Gasteiger partial charge in [-0.05, 0) is 0 Å². The van der Waals surface area contributed by atoms with Gasteiger partial charge in [0.1, 0.15) is 0 Å². The fourth-order valence-electron chi connectivity index (χ4n) is 0.698. The molecule has 0 unspecified atom stereocenters. The van der Waals surface area contributed by atoms with E-state index < -0.39 is 0 Å². The quantitative estimate of drug-likeness (QED) is 0.469. The van der Waals surface area contributed by atoms with Crippen LogP contribution in [0, 0.1) is 6.92 Å². The predicted octanol–water partition coefficient (Wildman–Crippen LogP) is 1.44. The van der Waals surface area contributed by atoms with Crippen LogP contribution in [0.2, 0.25) is 5.02 Å². The summed E-state index contributed by atoms with van der Waals surface area (Å²) in [5.41, 5.74) is 1.14. The van der Waals surface area contributed by atoms with Crippen LogP contribution in [-0.2, 0) is 0 Å². The molecule has 0 N–H and O–H groups in total. The molecule has 0 fully saturated rings. The predicted molar refractivity (Wildman–Crippen MR) is 41.6 cm³/mol. The summed E-state index contributed by atoms with van der Waals surface area (Å²) < 4.78 is 1.21. The van der Waals surface area contributed by atoms with Crippen LogP contribution in [0.15, 0.2) is 18.2 Å². The maximum atomic E-state index is 5.81.